The standard InChI is InChI=1S/C21H18O13.C21H20O12.C15H10O7/c22-7-4-10(25)12-11(5-7)32-17(6-1-2-8(23)9(24)3-6)18(13(12)26)33-21-16(29)14(27)15(28)19(34-21)20(30)31;22-6-13-15(27)17(29)18(30)21(32-13)33-20-16(28)14-11(26)4-8(23)5-12(14)31-19(20)7-1-2-9(24)10(25)3-7;16-7-4-10(19)12-11(5-7)22-15(14(21)13(12)20)6-1-2-8(17)9(18)3-6/h1-5,14-16,19,21-25,27-29H,(H,30,31);1-5,13,15,17-18,21-27,29-30H,6H2;1-5,16-19,21H/t14-,15-,16+,19-,21+;13-,15-,17+,18-,21+;/m01./s1. The molecular formula is C57H48O32. The molecule has 0 radical (unpaired) electrons. The number of benzene rings is 6. The molecule has 2 saturated heterocycles. The molecule has 2 fully saturated rings. The molecule has 5 heterocycles. The van der Waals surface area contributed by atoms with Gasteiger partial charge in [-0.25, -0.2) is 4.79 Å². The molecule has 10 atom stereocenters. The molecule has 0 bridgehead atoms. The highest BCUT2D eigenvalue weighted by Crippen LogP contribution is 2.43. The van der Waals surface area contributed by atoms with Gasteiger partial charge in [0.1, 0.15) is 110 Å². The summed E-state index contributed by atoms with van der Waals surface area (Å²) in [4.78, 5) is 50.0. The van der Waals surface area contributed by atoms with Crippen LogP contribution in [0.5, 0.6) is 86.2 Å². The predicted molar refractivity (Wildman–Crippen MR) is 295 cm³/mol. The number of carboxylic acids is 1. The first kappa shape index (κ1) is 62.6. The van der Waals surface area contributed by atoms with E-state index < -0.39 is 176 Å². The highest BCUT2D eigenvalue weighted by molar-refractivity contribution is 5.91. The first-order chi connectivity index (χ1) is 42.0. The number of hydrogen-bond donors (Lipinski definition) is 21. The lowest BCUT2D eigenvalue weighted by Gasteiger charge is -2.39. The second kappa shape index (κ2) is 24.4. The van der Waals surface area contributed by atoms with Crippen molar-refractivity contribution in [1.29, 1.82) is 0 Å². The first-order valence-electron chi connectivity index (χ1n) is 25.4. The molecule has 0 aliphatic carbocycles. The van der Waals surface area contributed by atoms with Crippen LogP contribution in [0.2, 0.25) is 0 Å². The van der Waals surface area contributed by atoms with E-state index in [1.807, 2.05) is 0 Å². The van der Waals surface area contributed by atoms with Crippen molar-refractivity contribution < 1.29 is 144 Å². The first-order valence-corrected chi connectivity index (χ1v) is 25.4. The molecule has 3 aromatic heterocycles. The van der Waals surface area contributed by atoms with Crippen LogP contribution in [0.15, 0.2) is 119 Å². The maximum atomic E-state index is 13.2. The molecule has 0 unspecified atom stereocenters. The van der Waals surface area contributed by atoms with Gasteiger partial charge in [-0.3, -0.25) is 14.4 Å². The topological polar surface area (TPSA) is 569 Å². The number of hydrogen-bond acceptors (Lipinski definition) is 31. The Morgan fingerprint density at radius 3 is 1.11 bits per heavy atom. The molecule has 32 nitrogen and oxygen atoms in total. The maximum absolute atomic E-state index is 13.2. The van der Waals surface area contributed by atoms with Crippen LogP contribution in [0.3, 0.4) is 0 Å². The van der Waals surface area contributed by atoms with Gasteiger partial charge in [0.05, 0.1) is 6.61 Å². The quantitative estimate of drug-likeness (QED) is 0.0896. The fraction of sp³-hybridized carbons (Fsp3) is 0.193. The van der Waals surface area contributed by atoms with Gasteiger partial charge in [-0.1, -0.05) is 0 Å². The summed E-state index contributed by atoms with van der Waals surface area (Å²) in [5.41, 5.74) is -3.49. The van der Waals surface area contributed by atoms with Crippen molar-refractivity contribution in [2.45, 2.75) is 61.4 Å². The molecular weight excluding hydrogens is 1200 g/mol. The number of carboxylic acid groups (broad SMARTS) is 1. The van der Waals surface area contributed by atoms with Gasteiger partial charge in [0.15, 0.2) is 57.9 Å². The third kappa shape index (κ3) is 12.0. The molecule has 468 valence electrons. The number of aromatic hydroxyl groups is 13. The van der Waals surface area contributed by atoms with Crippen LogP contribution in [-0.2, 0) is 14.3 Å². The molecule has 89 heavy (non-hydrogen) atoms. The van der Waals surface area contributed by atoms with Gasteiger partial charge >= 0.3 is 5.97 Å². The summed E-state index contributed by atoms with van der Waals surface area (Å²) >= 11 is 0. The van der Waals surface area contributed by atoms with E-state index >= 15 is 0 Å². The molecule has 11 rings (SSSR count). The van der Waals surface area contributed by atoms with Crippen LogP contribution < -0.4 is 25.8 Å². The third-order valence-corrected chi connectivity index (χ3v) is 13.6. The van der Waals surface area contributed by atoms with E-state index in [1.54, 1.807) is 0 Å². The number of phenolic OH excluding ortho intramolecular Hbond substituents is 12. The third-order valence-electron chi connectivity index (χ3n) is 13.6. The van der Waals surface area contributed by atoms with Crippen molar-refractivity contribution >= 4 is 38.9 Å². The zero-order chi connectivity index (χ0) is 64.9. The smallest absolute Gasteiger partial charge is 0.335 e. The number of aliphatic hydroxyl groups excluding tert-OH is 7. The molecule has 0 spiro atoms. The monoisotopic (exact) mass is 1240 g/mol. The number of carbonyl (C=O) groups is 1. The lowest BCUT2D eigenvalue weighted by molar-refractivity contribution is -0.277. The number of aliphatic hydroxyl groups is 7. The summed E-state index contributed by atoms with van der Waals surface area (Å²) in [6, 6.07) is 16.1. The van der Waals surface area contributed by atoms with Crippen molar-refractivity contribution in [3.8, 4) is 120 Å². The van der Waals surface area contributed by atoms with Crippen LogP contribution in [0.25, 0.3) is 66.9 Å². The van der Waals surface area contributed by atoms with E-state index in [1.165, 1.54) is 18.2 Å². The van der Waals surface area contributed by atoms with Crippen LogP contribution in [0.4, 0.5) is 0 Å². The van der Waals surface area contributed by atoms with Crippen molar-refractivity contribution in [1.82, 2.24) is 0 Å². The molecule has 0 saturated carbocycles. The Kier molecular flexibility index (Phi) is 17.2. The van der Waals surface area contributed by atoms with Gasteiger partial charge in [-0.15, -0.1) is 0 Å². The number of rotatable bonds is 9. The Morgan fingerprint density at radius 1 is 0.393 bits per heavy atom. The van der Waals surface area contributed by atoms with E-state index in [0.29, 0.717) is 0 Å². The molecule has 9 aromatic rings. The summed E-state index contributed by atoms with van der Waals surface area (Å²) in [5.74, 6) is -10.9. The van der Waals surface area contributed by atoms with Gasteiger partial charge < -0.3 is 139 Å². The Bertz CT molecular complexity index is 4420. The fourth-order valence-electron chi connectivity index (χ4n) is 9.14. The van der Waals surface area contributed by atoms with Crippen molar-refractivity contribution in [2.24, 2.45) is 0 Å². The van der Waals surface area contributed by atoms with Crippen LogP contribution >= 0.6 is 0 Å². The number of fused-ring (bicyclic) bond motifs is 3. The molecule has 2 aliphatic rings. The normalized spacial score (nSPS) is 21.5. The van der Waals surface area contributed by atoms with E-state index in [9.17, 15) is 126 Å². The summed E-state index contributed by atoms with van der Waals surface area (Å²) in [6.45, 7) is -0.740. The van der Waals surface area contributed by atoms with E-state index in [0.717, 1.165) is 72.8 Å². The van der Waals surface area contributed by atoms with Gasteiger partial charge in [0.2, 0.25) is 46.1 Å². The molecule has 21 N–H and O–H groups in total. The zero-order valence-corrected chi connectivity index (χ0v) is 44.5. The van der Waals surface area contributed by atoms with Gasteiger partial charge in [-0.05, 0) is 54.6 Å². The van der Waals surface area contributed by atoms with Gasteiger partial charge in [-0.2, -0.15) is 0 Å². The minimum atomic E-state index is -2.03. The number of ether oxygens (including phenoxy) is 4. The average molecular weight is 1240 g/mol. The zero-order valence-electron chi connectivity index (χ0n) is 44.5. The largest absolute Gasteiger partial charge is 0.508 e. The maximum Gasteiger partial charge on any atom is 0.335 e. The summed E-state index contributed by atoms with van der Waals surface area (Å²) in [6.07, 6.45) is -18.5. The Morgan fingerprint density at radius 2 is 0.742 bits per heavy atom. The molecule has 2 aliphatic heterocycles. The van der Waals surface area contributed by atoms with E-state index in [4.69, 9.17) is 32.2 Å². The highest BCUT2D eigenvalue weighted by atomic mass is 16.7. The Balaban J connectivity index is 0.000000162. The lowest BCUT2D eigenvalue weighted by Crippen LogP contribution is -2.61. The second-order valence-corrected chi connectivity index (χ2v) is 19.6. The van der Waals surface area contributed by atoms with Crippen LogP contribution in [0.1, 0.15) is 0 Å². The molecule has 0 amide bonds. The predicted octanol–water partition coefficient (Wildman–Crippen LogP) is 1.00. The summed E-state index contributed by atoms with van der Waals surface area (Å²) < 4.78 is 37.9. The van der Waals surface area contributed by atoms with Gasteiger partial charge in [0, 0.05) is 53.1 Å². The molecule has 32 heteroatoms. The van der Waals surface area contributed by atoms with Crippen LogP contribution in [-0.4, -0.2) is 181 Å². The van der Waals surface area contributed by atoms with Gasteiger partial charge in [0.25, 0.3) is 0 Å². The van der Waals surface area contributed by atoms with E-state index in [2.05, 4.69) is 0 Å². The summed E-state index contributed by atoms with van der Waals surface area (Å²) in [7, 11) is 0. The van der Waals surface area contributed by atoms with Crippen molar-refractivity contribution in [2.75, 3.05) is 6.61 Å². The molecule has 6 aromatic carbocycles. The van der Waals surface area contributed by atoms with Crippen LogP contribution in [0, 0.1) is 0 Å². The Labute approximate surface area is 491 Å². The number of aliphatic carboxylic acids is 1. The second-order valence-electron chi connectivity index (χ2n) is 19.6. The summed E-state index contributed by atoms with van der Waals surface area (Å²) in [5, 5.41) is 205. The fourth-order valence-corrected chi connectivity index (χ4v) is 9.14. The SMILES string of the molecule is O=C(O)[C@H]1O[C@@H](Oc2c(-c3ccc(O)c(O)c3)oc3cc(O)cc(O)c3c2=O)[C@H](O)[C@@H](O)[C@@H]1O.O=c1c(O)c(-c2ccc(O)c(O)c2)oc2cc(O)cc(O)c12.O=c1c(O[C@@H]2O[C@H](CO)[C@@H](O)[C@H](O)[C@H]2O)c(-c2ccc(O)c(O)c2)oc2cc(O)cc(O)c12. The highest BCUT2D eigenvalue weighted by Gasteiger charge is 2.49. The Hall–Kier alpha value is -10.9. The number of phenols is 12. The van der Waals surface area contributed by atoms with Crippen molar-refractivity contribution in [3.63, 3.8) is 0 Å². The minimum Gasteiger partial charge on any atom is -0.508 e. The average Bonchev–Trinajstić information content (AvgIpc) is 2.79. The minimum absolute atomic E-state index is 0.0201. The van der Waals surface area contributed by atoms with E-state index in [-0.39, 0.29) is 67.2 Å². The lowest BCUT2D eigenvalue weighted by atomic mass is 9.99. The van der Waals surface area contributed by atoms with Crippen molar-refractivity contribution in [3.05, 3.63) is 122 Å².